The van der Waals surface area contributed by atoms with Crippen molar-refractivity contribution in [2.45, 2.75) is 32.4 Å². The summed E-state index contributed by atoms with van der Waals surface area (Å²) in [6.45, 7) is 4.05. The van der Waals surface area contributed by atoms with Gasteiger partial charge in [-0.15, -0.1) is 0 Å². The van der Waals surface area contributed by atoms with Crippen molar-refractivity contribution in [2.24, 2.45) is 5.90 Å². The van der Waals surface area contributed by atoms with Crippen LogP contribution >= 0.6 is 0 Å². The molecule has 0 aliphatic carbocycles. The van der Waals surface area contributed by atoms with Gasteiger partial charge in [0, 0.05) is 6.54 Å². The van der Waals surface area contributed by atoms with Gasteiger partial charge in [0.05, 0.1) is 6.61 Å². The highest BCUT2D eigenvalue weighted by atomic mass is 16.6. The number of rotatable bonds is 4. The maximum absolute atomic E-state index is 5.04. The van der Waals surface area contributed by atoms with Gasteiger partial charge in [0.1, 0.15) is 0 Å². The Morgan fingerprint density at radius 2 is 1.62 bits per heavy atom. The van der Waals surface area contributed by atoms with Crippen LogP contribution in [0, 0.1) is 0 Å². The lowest BCUT2D eigenvalue weighted by Gasteiger charge is -2.26. The molecule has 2 rings (SSSR count). The predicted octanol–water partition coefficient (Wildman–Crippen LogP) is 2.06. The Kier molecular flexibility index (Phi) is 4.34. The maximum Gasteiger partial charge on any atom is 0.0930 e. The Morgan fingerprint density at radius 1 is 1.00 bits per heavy atom. The Balaban J connectivity index is 1.88. The Bertz CT molecular complexity index is 304. The van der Waals surface area contributed by atoms with Crippen molar-refractivity contribution in [2.75, 3.05) is 13.1 Å². The molecule has 0 saturated carbocycles. The molecule has 1 aromatic carbocycles. The number of nitrogens with two attached hydrogens (primary N) is 1. The fourth-order valence-electron chi connectivity index (χ4n) is 2.21. The molecule has 1 aromatic rings. The molecule has 0 amide bonds. The van der Waals surface area contributed by atoms with Gasteiger partial charge in [-0.1, -0.05) is 30.7 Å². The molecule has 1 heterocycles. The van der Waals surface area contributed by atoms with Crippen LogP contribution in [0.4, 0.5) is 0 Å². The second-order valence-electron chi connectivity index (χ2n) is 4.46. The molecule has 0 spiro atoms. The van der Waals surface area contributed by atoms with Gasteiger partial charge in [-0.05, 0) is 37.1 Å². The van der Waals surface area contributed by atoms with Crippen LogP contribution < -0.4 is 5.90 Å². The highest BCUT2D eigenvalue weighted by molar-refractivity contribution is 5.22. The first-order chi connectivity index (χ1) is 7.88. The van der Waals surface area contributed by atoms with Crippen LogP contribution in [0.3, 0.4) is 0 Å². The Morgan fingerprint density at radius 3 is 2.25 bits per heavy atom. The molecule has 0 bridgehead atoms. The summed E-state index contributed by atoms with van der Waals surface area (Å²) in [5, 5.41) is 0. The third-order valence-corrected chi connectivity index (χ3v) is 3.13. The van der Waals surface area contributed by atoms with E-state index in [1.807, 2.05) is 0 Å². The van der Waals surface area contributed by atoms with Gasteiger partial charge >= 0.3 is 0 Å². The van der Waals surface area contributed by atoms with Crippen molar-refractivity contribution < 1.29 is 4.84 Å². The summed E-state index contributed by atoms with van der Waals surface area (Å²) in [5.41, 5.74) is 2.51. The van der Waals surface area contributed by atoms with Crippen LogP contribution in [-0.2, 0) is 18.0 Å². The topological polar surface area (TPSA) is 38.5 Å². The zero-order chi connectivity index (χ0) is 11.2. The lowest BCUT2D eigenvalue weighted by Crippen LogP contribution is -2.29. The van der Waals surface area contributed by atoms with Crippen molar-refractivity contribution in [1.29, 1.82) is 0 Å². The van der Waals surface area contributed by atoms with E-state index in [0.29, 0.717) is 6.61 Å². The Labute approximate surface area is 97.1 Å². The van der Waals surface area contributed by atoms with Gasteiger partial charge in [0.25, 0.3) is 0 Å². The van der Waals surface area contributed by atoms with Crippen molar-refractivity contribution in [3.63, 3.8) is 0 Å². The summed E-state index contributed by atoms with van der Waals surface area (Å²) in [4.78, 5) is 7.13. The first-order valence-corrected chi connectivity index (χ1v) is 6.00. The van der Waals surface area contributed by atoms with Gasteiger partial charge in [-0.2, -0.15) is 0 Å². The van der Waals surface area contributed by atoms with Crippen LogP contribution in [-0.4, -0.2) is 18.0 Å². The number of nitrogens with zero attached hydrogens (tertiary/aromatic N) is 1. The average molecular weight is 220 g/mol. The highest BCUT2D eigenvalue weighted by Crippen LogP contribution is 2.13. The van der Waals surface area contributed by atoms with E-state index in [9.17, 15) is 0 Å². The summed E-state index contributed by atoms with van der Waals surface area (Å²) in [6.07, 6.45) is 4.08. The zero-order valence-corrected chi connectivity index (χ0v) is 9.69. The minimum Gasteiger partial charge on any atom is -0.300 e. The standard InChI is InChI=1S/C13H20N2O/c14-16-11-13-6-4-12(5-7-13)10-15-8-2-1-3-9-15/h4-7H,1-3,8-11,14H2. The SMILES string of the molecule is NOCc1ccc(CN2CCCCC2)cc1. The van der Waals surface area contributed by atoms with Crippen LogP contribution in [0.2, 0.25) is 0 Å². The van der Waals surface area contributed by atoms with Crippen LogP contribution in [0.25, 0.3) is 0 Å². The van der Waals surface area contributed by atoms with Gasteiger partial charge in [-0.3, -0.25) is 9.74 Å². The molecule has 3 heteroatoms. The highest BCUT2D eigenvalue weighted by Gasteiger charge is 2.09. The molecule has 1 fully saturated rings. The summed E-state index contributed by atoms with van der Waals surface area (Å²) in [7, 11) is 0. The molecule has 3 nitrogen and oxygen atoms in total. The molecular formula is C13H20N2O. The summed E-state index contributed by atoms with van der Waals surface area (Å²) in [6, 6.07) is 8.52. The van der Waals surface area contributed by atoms with E-state index < -0.39 is 0 Å². The molecule has 0 atom stereocenters. The van der Waals surface area contributed by atoms with Gasteiger partial charge in [0.2, 0.25) is 0 Å². The number of piperidine rings is 1. The number of likely N-dealkylation sites (tertiary alicyclic amines) is 1. The monoisotopic (exact) mass is 220 g/mol. The molecule has 1 aliphatic heterocycles. The summed E-state index contributed by atoms with van der Waals surface area (Å²) < 4.78 is 0. The van der Waals surface area contributed by atoms with Crippen molar-refractivity contribution in [3.05, 3.63) is 35.4 Å². The quantitative estimate of drug-likeness (QED) is 0.789. The van der Waals surface area contributed by atoms with Crippen molar-refractivity contribution in [3.8, 4) is 0 Å². The van der Waals surface area contributed by atoms with E-state index in [2.05, 4.69) is 34.0 Å². The maximum atomic E-state index is 5.04. The number of hydrogen-bond donors (Lipinski definition) is 1. The van der Waals surface area contributed by atoms with E-state index in [-0.39, 0.29) is 0 Å². The third kappa shape index (κ3) is 3.30. The number of hydrogen-bond acceptors (Lipinski definition) is 3. The lowest BCUT2D eigenvalue weighted by atomic mass is 10.1. The summed E-state index contributed by atoms with van der Waals surface area (Å²) in [5.74, 6) is 5.04. The third-order valence-electron chi connectivity index (χ3n) is 3.13. The first-order valence-electron chi connectivity index (χ1n) is 6.00. The second kappa shape index (κ2) is 5.99. The average Bonchev–Trinajstić information content (AvgIpc) is 2.33. The minimum atomic E-state index is 0.490. The molecule has 1 saturated heterocycles. The van der Waals surface area contributed by atoms with Crippen molar-refractivity contribution >= 4 is 0 Å². The van der Waals surface area contributed by atoms with E-state index in [4.69, 9.17) is 5.90 Å². The second-order valence-corrected chi connectivity index (χ2v) is 4.46. The Hall–Kier alpha value is -0.900. The number of benzene rings is 1. The fraction of sp³-hybridized carbons (Fsp3) is 0.538. The minimum absolute atomic E-state index is 0.490. The molecule has 2 N–H and O–H groups in total. The lowest BCUT2D eigenvalue weighted by molar-refractivity contribution is 0.124. The van der Waals surface area contributed by atoms with Gasteiger partial charge in [0.15, 0.2) is 0 Å². The van der Waals surface area contributed by atoms with Gasteiger partial charge < -0.3 is 0 Å². The first kappa shape index (κ1) is 11.6. The molecule has 1 aliphatic rings. The van der Waals surface area contributed by atoms with Gasteiger partial charge in [-0.25, -0.2) is 5.90 Å². The largest absolute Gasteiger partial charge is 0.300 e. The molecular weight excluding hydrogens is 200 g/mol. The predicted molar refractivity (Wildman–Crippen MR) is 64.5 cm³/mol. The smallest absolute Gasteiger partial charge is 0.0930 e. The molecule has 0 radical (unpaired) electrons. The van der Waals surface area contributed by atoms with E-state index >= 15 is 0 Å². The van der Waals surface area contributed by atoms with E-state index in [1.54, 1.807) is 0 Å². The fourth-order valence-corrected chi connectivity index (χ4v) is 2.21. The summed E-state index contributed by atoms with van der Waals surface area (Å²) >= 11 is 0. The van der Waals surface area contributed by atoms with E-state index in [0.717, 1.165) is 12.1 Å². The molecule has 0 aromatic heterocycles. The van der Waals surface area contributed by atoms with E-state index in [1.165, 1.54) is 37.9 Å². The van der Waals surface area contributed by atoms with Crippen LogP contribution in [0.15, 0.2) is 24.3 Å². The van der Waals surface area contributed by atoms with Crippen LogP contribution in [0.5, 0.6) is 0 Å². The normalized spacial score (nSPS) is 17.6. The van der Waals surface area contributed by atoms with Crippen LogP contribution in [0.1, 0.15) is 30.4 Å². The molecule has 16 heavy (non-hydrogen) atoms. The zero-order valence-electron chi connectivity index (χ0n) is 9.69. The molecule has 0 unspecified atom stereocenters. The van der Waals surface area contributed by atoms with Crippen molar-refractivity contribution in [1.82, 2.24) is 4.90 Å². The molecule has 88 valence electrons.